The SMILES string of the molecule is COc1cc(OC)c(Cl)c(/C(=C/c2cnc(Nc3c(C)cccc3N)cc2C)N(C)C=O)c1Cl. The van der Waals surface area contributed by atoms with E-state index in [4.69, 9.17) is 38.4 Å². The third-order valence-corrected chi connectivity index (χ3v) is 6.12. The number of amides is 1. The van der Waals surface area contributed by atoms with Gasteiger partial charge in [-0.1, -0.05) is 35.3 Å². The molecule has 9 heteroatoms. The number of hydrogen-bond donors (Lipinski definition) is 2. The van der Waals surface area contributed by atoms with E-state index in [1.54, 1.807) is 25.4 Å². The number of aryl methyl sites for hydroxylation is 2. The quantitative estimate of drug-likeness (QED) is 0.294. The van der Waals surface area contributed by atoms with Crippen molar-refractivity contribution in [2.45, 2.75) is 13.8 Å². The van der Waals surface area contributed by atoms with Gasteiger partial charge in [-0.2, -0.15) is 0 Å². The number of carbonyl (C=O) groups is 1. The highest BCUT2D eigenvalue weighted by Gasteiger charge is 2.23. The van der Waals surface area contributed by atoms with Gasteiger partial charge < -0.3 is 25.4 Å². The van der Waals surface area contributed by atoms with Crippen LogP contribution in [0.2, 0.25) is 10.0 Å². The number of para-hydroxylation sites is 1. The molecule has 178 valence electrons. The van der Waals surface area contributed by atoms with E-state index in [0.29, 0.717) is 40.7 Å². The zero-order valence-corrected chi connectivity index (χ0v) is 21.1. The molecule has 3 aromatic rings. The average Bonchev–Trinajstić information content (AvgIpc) is 2.82. The fraction of sp³-hybridized carbons (Fsp3) is 0.200. The van der Waals surface area contributed by atoms with Crippen LogP contribution >= 0.6 is 23.2 Å². The molecule has 0 spiro atoms. The lowest BCUT2D eigenvalue weighted by molar-refractivity contribution is -0.114. The molecule has 3 N–H and O–H groups in total. The molecule has 1 aromatic heterocycles. The second-order valence-corrected chi connectivity index (χ2v) is 8.38. The highest BCUT2D eigenvalue weighted by molar-refractivity contribution is 6.39. The highest BCUT2D eigenvalue weighted by atomic mass is 35.5. The van der Waals surface area contributed by atoms with E-state index in [1.807, 2.05) is 38.1 Å². The number of pyridine rings is 1. The molecule has 1 amide bonds. The number of anilines is 3. The summed E-state index contributed by atoms with van der Waals surface area (Å²) in [7, 11) is 4.59. The molecular weight excluding hydrogens is 475 g/mol. The summed E-state index contributed by atoms with van der Waals surface area (Å²) in [4.78, 5) is 17.7. The first kappa shape index (κ1) is 25.2. The van der Waals surface area contributed by atoms with E-state index in [1.165, 1.54) is 19.1 Å². The lowest BCUT2D eigenvalue weighted by Gasteiger charge is -2.21. The highest BCUT2D eigenvalue weighted by Crippen LogP contribution is 2.44. The van der Waals surface area contributed by atoms with Gasteiger partial charge in [-0.15, -0.1) is 0 Å². The molecule has 3 rings (SSSR count). The second kappa shape index (κ2) is 10.7. The first-order valence-corrected chi connectivity index (χ1v) is 11.1. The number of carbonyl (C=O) groups excluding carboxylic acids is 1. The number of methoxy groups -OCH3 is 2. The molecule has 0 saturated carbocycles. The first-order valence-electron chi connectivity index (χ1n) is 10.3. The van der Waals surface area contributed by atoms with Crippen LogP contribution in [0.15, 0.2) is 36.5 Å². The summed E-state index contributed by atoms with van der Waals surface area (Å²) in [5, 5.41) is 3.79. The topological polar surface area (TPSA) is 89.7 Å². The smallest absolute Gasteiger partial charge is 0.213 e. The monoisotopic (exact) mass is 500 g/mol. The van der Waals surface area contributed by atoms with Gasteiger partial charge in [0.2, 0.25) is 6.41 Å². The van der Waals surface area contributed by atoms with Crippen LogP contribution < -0.4 is 20.5 Å². The van der Waals surface area contributed by atoms with Crippen molar-refractivity contribution in [1.82, 2.24) is 9.88 Å². The predicted molar refractivity (Wildman–Crippen MR) is 139 cm³/mol. The van der Waals surface area contributed by atoms with Crippen LogP contribution in [0.3, 0.4) is 0 Å². The first-order chi connectivity index (χ1) is 16.2. The molecule has 2 aromatic carbocycles. The summed E-state index contributed by atoms with van der Waals surface area (Å²) in [5.41, 5.74) is 11.1. The van der Waals surface area contributed by atoms with E-state index in [9.17, 15) is 4.79 Å². The van der Waals surface area contributed by atoms with Gasteiger partial charge in [0.15, 0.2) is 0 Å². The Kier molecular flexibility index (Phi) is 7.91. The molecule has 0 aliphatic rings. The minimum atomic E-state index is 0.257. The molecular formula is C25H26Cl2N4O3. The number of hydrogen-bond acceptors (Lipinski definition) is 6. The fourth-order valence-electron chi connectivity index (χ4n) is 3.44. The Morgan fingerprint density at radius 2 is 1.74 bits per heavy atom. The van der Waals surface area contributed by atoms with Gasteiger partial charge in [-0.25, -0.2) is 4.98 Å². The van der Waals surface area contributed by atoms with Crippen molar-refractivity contribution in [3.05, 3.63) is 68.8 Å². The van der Waals surface area contributed by atoms with Crippen molar-refractivity contribution in [3.8, 4) is 11.5 Å². The summed E-state index contributed by atoms with van der Waals surface area (Å²) >= 11 is 13.2. The van der Waals surface area contributed by atoms with Crippen molar-refractivity contribution < 1.29 is 14.3 Å². The molecule has 0 saturated heterocycles. The average molecular weight is 501 g/mol. The maximum absolute atomic E-state index is 11.7. The van der Waals surface area contributed by atoms with Crippen LogP contribution in [0.4, 0.5) is 17.2 Å². The number of nitrogens with zero attached hydrogens (tertiary/aromatic N) is 2. The number of nitrogen functional groups attached to an aromatic ring is 1. The van der Waals surface area contributed by atoms with Gasteiger partial charge >= 0.3 is 0 Å². The van der Waals surface area contributed by atoms with Crippen molar-refractivity contribution in [1.29, 1.82) is 0 Å². The Labute approximate surface area is 209 Å². The molecule has 34 heavy (non-hydrogen) atoms. The van der Waals surface area contributed by atoms with Crippen LogP contribution in [0, 0.1) is 13.8 Å². The number of rotatable bonds is 8. The van der Waals surface area contributed by atoms with Gasteiger partial charge in [0, 0.05) is 24.9 Å². The number of benzene rings is 2. The van der Waals surface area contributed by atoms with E-state index in [0.717, 1.165) is 22.4 Å². The van der Waals surface area contributed by atoms with Crippen molar-refractivity contribution in [2.75, 3.05) is 32.3 Å². The molecule has 0 radical (unpaired) electrons. The van der Waals surface area contributed by atoms with Crippen molar-refractivity contribution >= 4 is 58.6 Å². The molecule has 0 fully saturated rings. The van der Waals surface area contributed by atoms with E-state index in [2.05, 4.69) is 10.3 Å². The second-order valence-electron chi connectivity index (χ2n) is 7.62. The number of nitrogens with one attached hydrogen (secondary N) is 1. The van der Waals surface area contributed by atoms with E-state index < -0.39 is 0 Å². The van der Waals surface area contributed by atoms with Crippen LogP contribution in [0.5, 0.6) is 11.5 Å². The lowest BCUT2D eigenvalue weighted by Crippen LogP contribution is -2.15. The Bertz CT molecular complexity index is 1210. The van der Waals surface area contributed by atoms with E-state index >= 15 is 0 Å². The zero-order valence-electron chi connectivity index (χ0n) is 19.6. The Morgan fingerprint density at radius 3 is 2.26 bits per heavy atom. The van der Waals surface area contributed by atoms with Gasteiger partial charge in [0.05, 0.1) is 41.3 Å². The summed E-state index contributed by atoms with van der Waals surface area (Å²) < 4.78 is 10.8. The number of ether oxygens (including phenoxy) is 2. The molecule has 0 bridgehead atoms. The van der Waals surface area contributed by atoms with E-state index in [-0.39, 0.29) is 10.0 Å². The number of aromatic nitrogens is 1. The molecule has 1 heterocycles. The Hall–Kier alpha value is -3.42. The molecule has 0 unspecified atom stereocenters. The summed E-state index contributed by atoms with van der Waals surface area (Å²) in [5.74, 6) is 1.38. The third-order valence-electron chi connectivity index (χ3n) is 5.37. The Morgan fingerprint density at radius 1 is 1.09 bits per heavy atom. The van der Waals surface area contributed by atoms with Crippen LogP contribution in [0.25, 0.3) is 11.8 Å². The van der Waals surface area contributed by atoms with Gasteiger partial charge in [0.1, 0.15) is 17.3 Å². The maximum Gasteiger partial charge on any atom is 0.213 e. The normalized spacial score (nSPS) is 11.2. The molecule has 0 aliphatic heterocycles. The number of nitrogens with two attached hydrogens (primary N) is 1. The van der Waals surface area contributed by atoms with Crippen molar-refractivity contribution in [2.24, 2.45) is 0 Å². The van der Waals surface area contributed by atoms with Gasteiger partial charge in [-0.3, -0.25) is 4.79 Å². The minimum absolute atomic E-state index is 0.257. The zero-order chi connectivity index (χ0) is 25.0. The molecule has 0 aliphatic carbocycles. The fourth-order valence-corrected chi connectivity index (χ4v) is 4.13. The summed E-state index contributed by atoms with van der Waals surface area (Å²) in [6.45, 7) is 3.91. The summed E-state index contributed by atoms with van der Waals surface area (Å²) in [6.07, 6.45) is 4.16. The largest absolute Gasteiger partial charge is 0.495 e. The third kappa shape index (κ3) is 5.05. The van der Waals surface area contributed by atoms with Crippen LogP contribution in [-0.4, -0.2) is 37.6 Å². The Balaban J connectivity index is 2.11. The van der Waals surface area contributed by atoms with Crippen LogP contribution in [0.1, 0.15) is 22.3 Å². The number of halogens is 2. The lowest BCUT2D eigenvalue weighted by atomic mass is 10.0. The maximum atomic E-state index is 11.7. The van der Waals surface area contributed by atoms with Crippen LogP contribution in [-0.2, 0) is 4.79 Å². The van der Waals surface area contributed by atoms with Gasteiger partial charge in [-0.05, 0) is 48.7 Å². The standard InChI is InChI=1S/C25H26Cl2N4O3/c1-14-7-6-8-17(28)25(14)30-21-9-15(2)16(12-29-21)10-18(31(3)13-32)22-23(26)19(33-4)11-20(34-5)24(22)27/h6-13H,28H2,1-5H3,(H,29,30)/b18-10-. The van der Waals surface area contributed by atoms with Crippen molar-refractivity contribution in [3.63, 3.8) is 0 Å². The molecule has 0 atom stereocenters. The molecule has 7 nitrogen and oxygen atoms in total. The summed E-state index contributed by atoms with van der Waals surface area (Å²) in [6, 6.07) is 9.19. The minimum Gasteiger partial charge on any atom is -0.495 e. The predicted octanol–water partition coefficient (Wildman–Crippen LogP) is 5.93. The van der Waals surface area contributed by atoms with Gasteiger partial charge in [0.25, 0.3) is 0 Å².